The summed E-state index contributed by atoms with van der Waals surface area (Å²) in [5.74, 6) is 0.562. The van der Waals surface area contributed by atoms with E-state index < -0.39 is 0 Å². The zero-order valence-corrected chi connectivity index (χ0v) is 18.3. The molecule has 0 aliphatic carbocycles. The molecule has 7 heteroatoms. The third-order valence-electron chi connectivity index (χ3n) is 4.98. The monoisotopic (exact) mass is 427 g/mol. The van der Waals surface area contributed by atoms with Crippen LogP contribution in [0.15, 0.2) is 48.5 Å². The van der Waals surface area contributed by atoms with E-state index >= 15 is 0 Å². The van der Waals surface area contributed by atoms with Gasteiger partial charge in [0.2, 0.25) is 0 Å². The van der Waals surface area contributed by atoms with Gasteiger partial charge in [0, 0.05) is 25.3 Å². The number of carbonyl (C=O) groups excluding carboxylic acids is 1. The third kappa shape index (κ3) is 6.71. The van der Waals surface area contributed by atoms with E-state index in [-0.39, 0.29) is 5.97 Å². The quantitative estimate of drug-likeness (QED) is 0.514. The SMILES string of the molecule is CCOC(=O)c1cccc(NC(=S)NCc2ccc(OC3CCN(C)CC3)cc2)c1. The van der Waals surface area contributed by atoms with Crippen molar-refractivity contribution in [2.24, 2.45) is 0 Å². The van der Waals surface area contributed by atoms with Crippen molar-refractivity contribution >= 4 is 29.0 Å². The smallest absolute Gasteiger partial charge is 0.338 e. The first-order valence-electron chi connectivity index (χ1n) is 10.3. The number of carbonyl (C=O) groups is 1. The summed E-state index contributed by atoms with van der Waals surface area (Å²) in [4.78, 5) is 14.2. The van der Waals surface area contributed by atoms with Crippen LogP contribution in [0.5, 0.6) is 5.75 Å². The highest BCUT2D eigenvalue weighted by atomic mass is 32.1. The number of hydrogen-bond donors (Lipinski definition) is 2. The first-order chi connectivity index (χ1) is 14.5. The standard InChI is InChI=1S/C23H29N3O3S/c1-3-28-22(27)18-5-4-6-19(15-18)25-23(30)24-16-17-7-9-20(10-8-17)29-21-11-13-26(2)14-12-21/h4-10,15,21H,3,11-14,16H2,1-2H3,(H2,24,25,30). The molecule has 0 radical (unpaired) electrons. The summed E-state index contributed by atoms with van der Waals surface area (Å²) >= 11 is 5.37. The Morgan fingerprint density at radius 1 is 1.17 bits per heavy atom. The average Bonchev–Trinajstić information content (AvgIpc) is 2.75. The van der Waals surface area contributed by atoms with Gasteiger partial charge < -0.3 is 25.0 Å². The largest absolute Gasteiger partial charge is 0.490 e. The van der Waals surface area contributed by atoms with E-state index in [1.807, 2.05) is 30.3 Å². The van der Waals surface area contributed by atoms with E-state index in [4.69, 9.17) is 21.7 Å². The third-order valence-corrected chi connectivity index (χ3v) is 5.22. The molecular weight excluding hydrogens is 398 g/mol. The number of thiocarbonyl (C=S) groups is 1. The molecule has 1 aliphatic rings. The summed E-state index contributed by atoms with van der Waals surface area (Å²) in [6.07, 6.45) is 2.43. The van der Waals surface area contributed by atoms with Crippen molar-refractivity contribution in [2.75, 3.05) is 32.1 Å². The maximum Gasteiger partial charge on any atom is 0.338 e. The average molecular weight is 428 g/mol. The highest BCUT2D eigenvalue weighted by Crippen LogP contribution is 2.19. The Balaban J connectivity index is 1.45. The number of rotatable bonds is 7. The molecule has 2 aromatic carbocycles. The molecule has 0 atom stereocenters. The number of likely N-dealkylation sites (tertiary alicyclic amines) is 1. The molecular formula is C23H29N3O3S. The van der Waals surface area contributed by atoms with Crippen LogP contribution in [0.3, 0.4) is 0 Å². The minimum atomic E-state index is -0.345. The molecule has 2 aromatic rings. The van der Waals surface area contributed by atoms with Gasteiger partial charge in [-0.05, 0) is 74.9 Å². The molecule has 0 aromatic heterocycles. The molecule has 0 amide bonds. The van der Waals surface area contributed by atoms with Crippen molar-refractivity contribution in [3.63, 3.8) is 0 Å². The van der Waals surface area contributed by atoms with E-state index in [9.17, 15) is 4.79 Å². The van der Waals surface area contributed by atoms with Crippen molar-refractivity contribution in [3.8, 4) is 5.75 Å². The fourth-order valence-corrected chi connectivity index (χ4v) is 3.47. The molecule has 0 spiro atoms. The number of nitrogens with zero attached hydrogens (tertiary/aromatic N) is 1. The van der Waals surface area contributed by atoms with Crippen molar-refractivity contribution in [1.29, 1.82) is 0 Å². The number of esters is 1. The number of piperidine rings is 1. The van der Waals surface area contributed by atoms with E-state index in [1.165, 1.54) is 0 Å². The van der Waals surface area contributed by atoms with Crippen LogP contribution in [0.2, 0.25) is 0 Å². The summed E-state index contributed by atoms with van der Waals surface area (Å²) in [5, 5.41) is 6.78. The molecule has 1 fully saturated rings. The minimum absolute atomic E-state index is 0.298. The van der Waals surface area contributed by atoms with Gasteiger partial charge >= 0.3 is 5.97 Å². The molecule has 160 valence electrons. The molecule has 2 N–H and O–H groups in total. The first-order valence-corrected chi connectivity index (χ1v) is 10.7. The van der Waals surface area contributed by atoms with Crippen molar-refractivity contribution in [2.45, 2.75) is 32.4 Å². The molecule has 1 saturated heterocycles. The lowest BCUT2D eigenvalue weighted by Gasteiger charge is -2.29. The van der Waals surface area contributed by atoms with E-state index in [1.54, 1.807) is 25.1 Å². The fourth-order valence-electron chi connectivity index (χ4n) is 3.28. The summed E-state index contributed by atoms with van der Waals surface area (Å²) in [6.45, 7) is 4.89. The Morgan fingerprint density at radius 2 is 1.90 bits per heavy atom. The molecule has 3 rings (SSSR count). The maximum atomic E-state index is 11.9. The second-order valence-electron chi connectivity index (χ2n) is 7.37. The summed E-state index contributed by atoms with van der Waals surface area (Å²) < 4.78 is 11.1. The molecule has 6 nitrogen and oxygen atoms in total. The summed E-state index contributed by atoms with van der Waals surface area (Å²) in [5.41, 5.74) is 2.33. The van der Waals surface area contributed by atoms with Gasteiger partial charge in [-0.15, -0.1) is 0 Å². The van der Waals surface area contributed by atoms with Crippen LogP contribution in [-0.4, -0.2) is 48.8 Å². The molecule has 1 heterocycles. The zero-order valence-electron chi connectivity index (χ0n) is 17.5. The number of anilines is 1. The van der Waals surface area contributed by atoms with Crippen molar-refractivity contribution in [1.82, 2.24) is 10.2 Å². The number of nitrogens with one attached hydrogen (secondary N) is 2. The molecule has 0 bridgehead atoms. The Bertz CT molecular complexity index is 849. The van der Waals surface area contributed by atoms with Crippen LogP contribution in [0, 0.1) is 0 Å². The Labute approximate surface area is 183 Å². The van der Waals surface area contributed by atoms with Gasteiger partial charge in [-0.3, -0.25) is 0 Å². The summed E-state index contributed by atoms with van der Waals surface area (Å²) in [7, 11) is 2.15. The van der Waals surface area contributed by atoms with Gasteiger partial charge in [-0.2, -0.15) is 0 Å². The van der Waals surface area contributed by atoms with Gasteiger partial charge in [-0.25, -0.2) is 4.79 Å². The van der Waals surface area contributed by atoms with E-state index in [0.29, 0.717) is 29.9 Å². The topological polar surface area (TPSA) is 62.8 Å². The highest BCUT2D eigenvalue weighted by molar-refractivity contribution is 7.80. The van der Waals surface area contributed by atoms with Gasteiger partial charge in [-0.1, -0.05) is 18.2 Å². The van der Waals surface area contributed by atoms with Crippen molar-refractivity contribution < 1.29 is 14.3 Å². The highest BCUT2D eigenvalue weighted by Gasteiger charge is 2.17. The van der Waals surface area contributed by atoms with Crippen LogP contribution in [0.25, 0.3) is 0 Å². The fraction of sp³-hybridized carbons (Fsp3) is 0.391. The van der Waals surface area contributed by atoms with Gasteiger partial charge in [0.15, 0.2) is 5.11 Å². The predicted molar refractivity (Wildman–Crippen MR) is 123 cm³/mol. The van der Waals surface area contributed by atoms with Gasteiger partial charge in [0.25, 0.3) is 0 Å². The Hall–Kier alpha value is -2.64. The lowest BCUT2D eigenvalue weighted by atomic mass is 10.1. The van der Waals surface area contributed by atoms with Crippen LogP contribution in [0.1, 0.15) is 35.7 Å². The Kier molecular flexibility index (Phi) is 8.04. The molecule has 0 unspecified atom stereocenters. The molecule has 30 heavy (non-hydrogen) atoms. The maximum absolute atomic E-state index is 11.9. The Morgan fingerprint density at radius 3 is 2.60 bits per heavy atom. The molecule has 0 saturated carbocycles. The normalized spacial score (nSPS) is 14.7. The number of benzene rings is 2. The molecule has 1 aliphatic heterocycles. The minimum Gasteiger partial charge on any atom is -0.490 e. The van der Waals surface area contributed by atoms with E-state index in [2.05, 4.69) is 22.6 Å². The lowest BCUT2D eigenvalue weighted by molar-refractivity contribution is 0.0526. The van der Waals surface area contributed by atoms with Crippen molar-refractivity contribution in [3.05, 3.63) is 59.7 Å². The second kappa shape index (κ2) is 10.9. The first kappa shape index (κ1) is 22.1. The second-order valence-corrected chi connectivity index (χ2v) is 7.78. The van der Waals surface area contributed by atoms with Crippen LogP contribution in [0.4, 0.5) is 5.69 Å². The van der Waals surface area contributed by atoms with Crippen LogP contribution < -0.4 is 15.4 Å². The summed E-state index contributed by atoms with van der Waals surface area (Å²) in [6, 6.07) is 15.2. The number of hydrogen-bond acceptors (Lipinski definition) is 5. The lowest BCUT2D eigenvalue weighted by Crippen LogP contribution is -2.35. The van der Waals surface area contributed by atoms with Gasteiger partial charge in [0.1, 0.15) is 11.9 Å². The van der Waals surface area contributed by atoms with Crippen LogP contribution in [-0.2, 0) is 11.3 Å². The van der Waals surface area contributed by atoms with Crippen LogP contribution >= 0.6 is 12.2 Å². The predicted octanol–water partition coefficient (Wildman–Crippen LogP) is 3.82. The van der Waals surface area contributed by atoms with E-state index in [0.717, 1.165) is 42.9 Å². The van der Waals surface area contributed by atoms with Gasteiger partial charge in [0.05, 0.1) is 12.2 Å². The zero-order chi connectivity index (χ0) is 21.3. The number of ether oxygens (including phenoxy) is 2.